The van der Waals surface area contributed by atoms with Crippen LogP contribution in [-0.2, 0) is 6.54 Å². The number of aromatic nitrogens is 2. The van der Waals surface area contributed by atoms with Gasteiger partial charge in [0.25, 0.3) is 5.69 Å². The maximum atomic E-state index is 4.23. The average molecular weight is 259 g/mol. The highest BCUT2D eigenvalue weighted by atomic mass is 15.0. The minimum atomic E-state index is 0.795. The van der Waals surface area contributed by atoms with Crippen molar-refractivity contribution in [1.29, 1.82) is 0 Å². The van der Waals surface area contributed by atoms with E-state index in [1.165, 1.54) is 10.9 Å². The van der Waals surface area contributed by atoms with Crippen molar-refractivity contribution in [2.24, 2.45) is 0 Å². The largest absolute Gasteiger partial charge is 0.257 e. The lowest BCUT2D eigenvalue weighted by molar-refractivity contribution is -0.670. The highest BCUT2D eigenvalue weighted by Gasteiger charge is 2.11. The third kappa shape index (κ3) is 2.39. The minimum absolute atomic E-state index is 0.795. The Morgan fingerprint density at radius 3 is 2.60 bits per heavy atom. The highest BCUT2D eigenvalue weighted by Crippen LogP contribution is 2.10. The van der Waals surface area contributed by atoms with Crippen LogP contribution in [0.25, 0.3) is 10.9 Å². The quantitative estimate of drug-likeness (QED) is 0.485. The van der Waals surface area contributed by atoms with Crippen molar-refractivity contribution in [1.82, 2.24) is 4.98 Å². The maximum Gasteiger partial charge on any atom is 0.257 e. The lowest BCUT2D eigenvalue weighted by atomic mass is 10.2. The molecule has 0 amide bonds. The standard InChI is InChI=1S/C18H15N2/c1-2-20-17(13-11-16-8-5-6-14-19-16)12-10-15-7-3-4-9-18(15)20/h3-10,12,14H,2H2,1H3/q+1. The Bertz CT molecular complexity index is 796. The van der Waals surface area contributed by atoms with Gasteiger partial charge in [0.2, 0.25) is 5.52 Å². The molecule has 0 N–H and O–H groups in total. The smallest absolute Gasteiger partial charge is 0.248 e. The molecule has 0 radical (unpaired) electrons. The van der Waals surface area contributed by atoms with E-state index in [9.17, 15) is 0 Å². The molecule has 0 fully saturated rings. The number of rotatable bonds is 1. The molecule has 2 heteroatoms. The van der Waals surface area contributed by atoms with Gasteiger partial charge in [-0.25, -0.2) is 4.98 Å². The zero-order valence-electron chi connectivity index (χ0n) is 11.4. The molecule has 2 heterocycles. The lowest BCUT2D eigenvalue weighted by Crippen LogP contribution is -2.37. The fraction of sp³-hybridized carbons (Fsp3) is 0.111. The van der Waals surface area contributed by atoms with Crippen molar-refractivity contribution in [3.63, 3.8) is 0 Å². The summed E-state index contributed by atoms with van der Waals surface area (Å²) in [5.41, 5.74) is 3.02. The molecule has 0 bridgehead atoms. The minimum Gasteiger partial charge on any atom is -0.248 e. The molecular weight excluding hydrogens is 244 g/mol. The van der Waals surface area contributed by atoms with Crippen molar-refractivity contribution in [2.45, 2.75) is 13.5 Å². The van der Waals surface area contributed by atoms with Gasteiger partial charge >= 0.3 is 0 Å². The van der Waals surface area contributed by atoms with Gasteiger partial charge < -0.3 is 0 Å². The normalized spacial score (nSPS) is 10.1. The van der Waals surface area contributed by atoms with Crippen LogP contribution in [0.4, 0.5) is 0 Å². The number of aryl methyl sites for hydroxylation is 1. The van der Waals surface area contributed by atoms with Gasteiger partial charge in [-0.1, -0.05) is 18.2 Å². The van der Waals surface area contributed by atoms with E-state index < -0.39 is 0 Å². The molecule has 0 atom stereocenters. The molecule has 0 saturated heterocycles. The van der Waals surface area contributed by atoms with Crippen LogP contribution in [0, 0.1) is 11.8 Å². The summed E-state index contributed by atoms with van der Waals surface area (Å²) in [6.45, 7) is 3.03. The predicted octanol–water partition coefficient (Wildman–Crippen LogP) is 2.94. The first-order chi connectivity index (χ1) is 9.88. The Balaban J connectivity index is 2.11. The van der Waals surface area contributed by atoms with E-state index in [-0.39, 0.29) is 0 Å². The summed E-state index contributed by atoms with van der Waals surface area (Å²) >= 11 is 0. The topological polar surface area (TPSA) is 16.8 Å². The van der Waals surface area contributed by atoms with Gasteiger partial charge in [-0.05, 0) is 37.1 Å². The molecule has 0 saturated carbocycles. The van der Waals surface area contributed by atoms with Gasteiger partial charge in [-0.3, -0.25) is 0 Å². The molecular formula is C18H15N2+. The average Bonchev–Trinajstić information content (AvgIpc) is 2.53. The SMILES string of the molecule is CC[n+]1c(C#Cc2ccccn2)ccc2ccccc21. The first kappa shape index (κ1) is 12.4. The second kappa shape index (κ2) is 5.54. The van der Waals surface area contributed by atoms with Gasteiger partial charge in [0, 0.05) is 29.6 Å². The van der Waals surface area contributed by atoms with Crippen molar-refractivity contribution in [3.8, 4) is 11.8 Å². The molecule has 0 aliphatic rings. The maximum absolute atomic E-state index is 4.23. The Kier molecular flexibility index (Phi) is 3.43. The second-order valence-electron chi connectivity index (χ2n) is 4.49. The van der Waals surface area contributed by atoms with Crippen LogP contribution in [-0.4, -0.2) is 4.98 Å². The number of hydrogen-bond acceptors (Lipinski definition) is 1. The third-order valence-corrected chi connectivity index (χ3v) is 3.24. The highest BCUT2D eigenvalue weighted by molar-refractivity contribution is 5.75. The molecule has 1 aromatic carbocycles. The molecule has 0 aliphatic carbocycles. The Morgan fingerprint density at radius 2 is 1.80 bits per heavy atom. The molecule has 0 aliphatic heterocycles. The molecule has 2 aromatic heterocycles. The van der Waals surface area contributed by atoms with E-state index >= 15 is 0 Å². The summed E-state index contributed by atoms with van der Waals surface area (Å²) in [5, 5.41) is 1.23. The van der Waals surface area contributed by atoms with E-state index in [0.29, 0.717) is 0 Å². The number of fused-ring (bicyclic) bond motifs is 1. The van der Waals surface area contributed by atoms with Crippen molar-refractivity contribution < 1.29 is 4.57 Å². The number of nitrogens with zero attached hydrogens (tertiary/aromatic N) is 2. The summed E-state index contributed by atoms with van der Waals surface area (Å²) in [6, 6.07) is 18.3. The van der Waals surface area contributed by atoms with Gasteiger partial charge in [-0.2, -0.15) is 4.57 Å². The van der Waals surface area contributed by atoms with Crippen LogP contribution in [0.1, 0.15) is 18.3 Å². The fourth-order valence-electron chi connectivity index (χ4n) is 2.28. The summed E-state index contributed by atoms with van der Waals surface area (Å²) in [4.78, 5) is 4.23. The summed E-state index contributed by atoms with van der Waals surface area (Å²) in [7, 11) is 0. The third-order valence-electron chi connectivity index (χ3n) is 3.24. The molecule has 0 unspecified atom stereocenters. The lowest BCUT2D eigenvalue weighted by Gasteiger charge is -2.00. The van der Waals surface area contributed by atoms with Crippen molar-refractivity contribution >= 4 is 10.9 Å². The van der Waals surface area contributed by atoms with Gasteiger partial charge in [0.05, 0.1) is 0 Å². The molecule has 0 spiro atoms. The molecule has 20 heavy (non-hydrogen) atoms. The van der Waals surface area contributed by atoms with E-state index in [2.05, 4.69) is 64.7 Å². The van der Waals surface area contributed by atoms with E-state index in [4.69, 9.17) is 0 Å². The monoisotopic (exact) mass is 259 g/mol. The summed E-state index contributed by atoms with van der Waals surface area (Å²) in [5.74, 6) is 6.34. The molecule has 96 valence electrons. The molecule has 3 aromatic rings. The Hall–Kier alpha value is -2.66. The summed E-state index contributed by atoms with van der Waals surface area (Å²) in [6.07, 6.45) is 1.76. The van der Waals surface area contributed by atoms with E-state index in [1.54, 1.807) is 6.20 Å². The van der Waals surface area contributed by atoms with Gasteiger partial charge in [-0.15, -0.1) is 0 Å². The number of pyridine rings is 2. The van der Waals surface area contributed by atoms with Crippen LogP contribution in [0.5, 0.6) is 0 Å². The van der Waals surface area contributed by atoms with Crippen molar-refractivity contribution in [2.75, 3.05) is 0 Å². The zero-order chi connectivity index (χ0) is 13.8. The number of benzene rings is 1. The van der Waals surface area contributed by atoms with Crippen LogP contribution in [0.2, 0.25) is 0 Å². The number of para-hydroxylation sites is 1. The first-order valence-corrected chi connectivity index (χ1v) is 6.73. The van der Waals surface area contributed by atoms with E-state index in [0.717, 1.165) is 17.9 Å². The molecule has 2 nitrogen and oxygen atoms in total. The molecule has 3 rings (SSSR count). The van der Waals surface area contributed by atoms with Crippen LogP contribution < -0.4 is 4.57 Å². The second-order valence-corrected chi connectivity index (χ2v) is 4.49. The van der Waals surface area contributed by atoms with Crippen LogP contribution in [0.3, 0.4) is 0 Å². The first-order valence-electron chi connectivity index (χ1n) is 6.73. The zero-order valence-corrected chi connectivity index (χ0v) is 11.4. The van der Waals surface area contributed by atoms with Crippen LogP contribution in [0.15, 0.2) is 60.8 Å². The van der Waals surface area contributed by atoms with Crippen molar-refractivity contribution in [3.05, 3.63) is 72.2 Å². The van der Waals surface area contributed by atoms with Crippen LogP contribution >= 0.6 is 0 Å². The Labute approximate surface area is 118 Å². The van der Waals surface area contributed by atoms with E-state index in [1.807, 2.05) is 18.2 Å². The predicted molar refractivity (Wildman–Crippen MR) is 80.0 cm³/mol. The van der Waals surface area contributed by atoms with Gasteiger partial charge in [0.15, 0.2) is 0 Å². The Morgan fingerprint density at radius 1 is 0.950 bits per heavy atom. The number of hydrogen-bond donors (Lipinski definition) is 0. The van der Waals surface area contributed by atoms with Gasteiger partial charge in [0.1, 0.15) is 12.2 Å². The summed E-state index contributed by atoms with van der Waals surface area (Å²) < 4.78 is 2.23. The fourth-order valence-corrected chi connectivity index (χ4v) is 2.28.